The predicted octanol–water partition coefficient (Wildman–Crippen LogP) is 4.27. The van der Waals surface area contributed by atoms with Crippen molar-refractivity contribution in [1.29, 1.82) is 0 Å². The average Bonchev–Trinajstić information content (AvgIpc) is 2.67. The van der Waals surface area contributed by atoms with E-state index in [0.29, 0.717) is 35.3 Å². The number of aryl methyl sites for hydroxylation is 3. The third-order valence-corrected chi connectivity index (χ3v) is 4.39. The van der Waals surface area contributed by atoms with Gasteiger partial charge in [-0.1, -0.05) is 30.3 Å². The molecule has 28 heavy (non-hydrogen) atoms. The Balaban J connectivity index is 1.78. The van der Waals surface area contributed by atoms with Crippen LogP contribution < -0.4 is 15.4 Å². The summed E-state index contributed by atoms with van der Waals surface area (Å²) < 4.78 is 5.32. The summed E-state index contributed by atoms with van der Waals surface area (Å²) in [5, 5.41) is 6.15. The van der Waals surface area contributed by atoms with E-state index in [4.69, 9.17) is 4.74 Å². The van der Waals surface area contributed by atoms with Crippen molar-refractivity contribution < 1.29 is 9.53 Å². The SMILES string of the molecule is COc1ccc(C)cc1NC(=O)c1cc(NCc2ccccc2C)nc(C)n1. The Morgan fingerprint density at radius 2 is 1.82 bits per heavy atom. The lowest BCUT2D eigenvalue weighted by Crippen LogP contribution is -2.16. The molecule has 1 amide bonds. The van der Waals surface area contributed by atoms with Crippen LogP contribution in [0.1, 0.15) is 33.0 Å². The van der Waals surface area contributed by atoms with Gasteiger partial charge in [-0.05, 0) is 49.6 Å². The first-order valence-electron chi connectivity index (χ1n) is 9.06. The fourth-order valence-corrected chi connectivity index (χ4v) is 2.87. The number of ether oxygens (including phenoxy) is 1. The van der Waals surface area contributed by atoms with Gasteiger partial charge < -0.3 is 15.4 Å². The molecule has 6 nitrogen and oxygen atoms in total. The van der Waals surface area contributed by atoms with E-state index >= 15 is 0 Å². The van der Waals surface area contributed by atoms with Crippen LogP contribution in [0, 0.1) is 20.8 Å². The maximum atomic E-state index is 12.7. The highest BCUT2D eigenvalue weighted by atomic mass is 16.5. The third-order valence-electron chi connectivity index (χ3n) is 4.39. The number of nitrogens with zero attached hydrogens (tertiary/aromatic N) is 2. The van der Waals surface area contributed by atoms with Gasteiger partial charge >= 0.3 is 0 Å². The van der Waals surface area contributed by atoms with E-state index < -0.39 is 0 Å². The highest BCUT2D eigenvalue weighted by Gasteiger charge is 2.13. The quantitative estimate of drug-likeness (QED) is 0.672. The molecule has 0 saturated heterocycles. The molecule has 0 aliphatic carbocycles. The Hall–Kier alpha value is -3.41. The summed E-state index contributed by atoms with van der Waals surface area (Å²) in [6.07, 6.45) is 0. The Morgan fingerprint density at radius 1 is 1.04 bits per heavy atom. The molecular formula is C22H24N4O2. The molecule has 6 heteroatoms. The number of hydrogen-bond donors (Lipinski definition) is 2. The summed E-state index contributed by atoms with van der Waals surface area (Å²) in [5.74, 6) is 1.42. The van der Waals surface area contributed by atoms with E-state index in [9.17, 15) is 4.79 Å². The third kappa shape index (κ3) is 4.65. The minimum Gasteiger partial charge on any atom is -0.495 e. The smallest absolute Gasteiger partial charge is 0.274 e. The molecule has 1 heterocycles. The van der Waals surface area contributed by atoms with Gasteiger partial charge in [0.1, 0.15) is 23.1 Å². The zero-order chi connectivity index (χ0) is 20.1. The number of benzene rings is 2. The molecule has 0 atom stereocenters. The van der Waals surface area contributed by atoms with Crippen molar-refractivity contribution in [3.8, 4) is 5.75 Å². The number of anilines is 2. The summed E-state index contributed by atoms with van der Waals surface area (Å²) in [7, 11) is 1.57. The number of methoxy groups -OCH3 is 1. The van der Waals surface area contributed by atoms with Gasteiger partial charge in [-0.3, -0.25) is 4.79 Å². The van der Waals surface area contributed by atoms with Gasteiger partial charge in [0.25, 0.3) is 5.91 Å². The zero-order valence-electron chi connectivity index (χ0n) is 16.5. The highest BCUT2D eigenvalue weighted by Crippen LogP contribution is 2.25. The van der Waals surface area contributed by atoms with Crippen molar-refractivity contribution in [2.24, 2.45) is 0 Å². The monoisotopic (exact) mass is 376 g/mol. The number of carbonyl (C=O) groups excluding carboxylic acids is 1. The minimum absolute atomic E-state index is 0.295. The van der Waals surface area contributed by atoms with Crippen molar-refractivity contribution in [3.63, 3.8) is 0 Å². The standard InChI is InChI=1S/C22H24N4O2/c1-14-9-10-20(28-4)18(11-14)26-22(27)19-12-21(25-16(3)24-19)23-13-17-8-6-5-7-15(17)2/h5-12H,13H2,1-4H3,(H,26,27)(H,23,24,25). The van der Waals surface area contributed by atoms with Crippen molar-refractivity contribution in [2.45, 2.75) is 27.3 Å². The van der Waals surface area contributed by atoms with Crippen molar-refractivity contribution in [3.05, 3.63) is 76.7 Å². The van der Waals surface area contributed by atoms with E-state index in [1.165, 1.54) is 11.1 Å². The van der Waals surface area contributed by atoms with E-state index in [2.05, 4.69) is 39.7 Å². The van der Waals surface area contributed by atoms with Gasteiger partial charge in [0, 0.05) is 12.6 Å². The summed E-state index contributed by atoms with van der Waals surface area (Å²) >= 11 is 0. The Bertz CT molecular complexity index is 1000. The lowest BCUT2D eigenvalue weighted by molar-refractivity contribution is 0.102. The van der Waals surface area contributed by atoms with Crippen molar-refractivity contribution >= 4 is 17.4 Å². The second kappa shape index (κ2) is 8.52. The van der Waals surface area contributed by atoms with E-state index in [-0.39, 0.29) is 5.91 Å². The largest absolute Gasteiger partial charge is 0.495 e. The lowest BCUT2D eigenvalue weighted by atomic mass is 10.1. The molecule has 0 unspecified atom stereocenters. The first kappa shape index (κ1) is 19.4. The molecule has 0 spiro atoms. The van der Waals surface area contributed by atoms with Crippen LogP contribution in [0.25, 0.3) is 0 Å². The topological polar surface area (TPSA) is 76.1 Å². The van der Waals surface area contributed by atoms with E-state index in [1.807, 2.05) is 37.3 Å². The number of nitrogens with one attached hydrogen (secondary N) is 2. The fourth-order valence-electron chi connectivity index (χ4n) is 2.87. The lowest BCUT2D eigenvalue weighted by Gasteiger charge is -2.12. The van der Waals surface area contributed by atoms with Gasteiger partial charge in [-0.15, -0.1) is 0 Å². The summed E-state index contributed by atoms with van der Waals surface area (Å²) in [6, 6.07) is 15.4. The first-order chi connectivity index (χ1) is 13.5. The van der Waals surface area contributed by atoms with Crippen molar-refractivity contribution in [1.82, 2.24) is 9.97 Å². The molecule has 0 radical (unpaired) electrons. The number of carbonyl (C=O) groups is 1. The summed E-state index contributed by atoms with van der Waals surface area (Å²) in [4.78, 5) is 21.4. The number of rotatable bonds is 6. The van der Waals surface area contributed by atoms with E-state index in [0.717, 1.165) is 5.56 Å². The molecule has 1 aromatic heterocycles. The van der Waals surface area contributed by atoms with Crippen LogP contribution in [0.4, 0.5) is 11.5 Å². The molecule has 0 aliphatic rings. The van der Waals surface area contributed by atoms with Gasteiger partial charge in [-0.25, -0.2) is 9.97 Å². The molecule has 2 N–H and O–H groups in total. The number of amides is 1. The number of aromatic nitrogens is 2. The molecule has 144 valence electrons. The fraction of sp³-hybridized carbons (Fsp3) is 0.227. The van der Waals surface area contributed by atoms with Crippen LogP contribution in [0.3, 0.4) is 0 Å². The van der Waals surface area contributed by atoms with Crippen LogP contribution in [-0.4, -0.2) is 23.0 Å². The second-order valence-corrected chi connectivity index (χ2v) is 6.62. The maximum absolute atomic E-state index is 12.7. The molecule has 0 fully saturated rings. The van der Waals surface area contributed by atoms with Crippen molar-refractivity contribution in [2.75, 3.05) is 17.7 Å². The maximum Gasteiger partial charge on any atom is 0.274 e. The van der Waals surface area contributed by atoms with Crippen LogP contribution in [0.2, 0.25) is 0 Å². The molecule has 3 rings (SSSR count). The molecule has 0 aliphatic heterocycles. The molecular weight excluding hydrogens is 352 g/mol. The number of hydrogen-bond acceptors (Lipinski definition) is 5. The Morgan fingerprint density at radius 3 is 2.57 bits per heavy atom. The molecule has 2 aromatic carbocycles. The van der Waals surface area contributed by atoms with E-state index in [1.54, 1.807) is 20.1 Å². The second-order valence-electron chi connectivity index (χ2n) is 6.62. The van der Waals surface area contributed by atoms with Crippen LogP contribution >= 0.6 is 0 Å². The highest BCUT2D eigenvalue weighted by molar-refractivity contribution is 6.04. The minimum atomic E-state index is -0.312. The Kier molecular flexibility index (Phi) is 5.89. The first-order valence-corrected chi connectivity index (χ1v) is 9.06. The van der Waals surface area contributed by atoms with Crippen LogP contribution in [0.5, 0.6) is 5.75 Å². The molecule has 0 saturated carbocycles. The van der Waals surface area contributed by atoms with Gasteiger partial charge in [-0.2, -0.15) is 0 Å². The van der Waals surface area contributed by atoms with Crippen LogP contribution in [0.15, 0.2) is 48.5 Å². The average molecular weight is 376 g/mol. The van der Waals surface area contributed by atoms with Gasteiger partial charge in [0.2, 0.25) is 0 Å². The summed E-state index contributed by atoms with van der Waals surface area (Å²) in [6.45, 7) is 6.41. The molecule has 3 aromatic rings. The molecule has 0 bridgehead atoms. The zero-order valence-corrected chi connectivity index (χ0v) is 16.5. The summed E-state index contributed by atoms with van der Waals surface area (Å²) in [5.41, 5.74) is 4.30. The van der Waals surface area contributed by atoms with Gasteiger partial charge in [0.05, 0.1) is 12.8 Å². The van der Waals surface area contributed by atoms with Gasteiger partial charge in [0.15, 0.2) is 0 Å². The van der Waals surface area contributed by atoms with Crippen LogP contribution in [-0.2, 0) is 6.54 Å². The Labute approximate surface area is 165 Å². The normalized spacial score (nSPS) is 10.4. The predicted molar refractivity (Wildman–Crippen MR) is 111 cm³/mol.